The largest absolute Gasteiger partial charge is 0.377 e. The van der Waals surface area contributed by atoms with E-state index in [1.165, 1.54) is 5.57 Å². The van der Waals surface area contributed by atoms with E-state index >= 15 is 0 Å². The molecule has 0 N–H and O–H groups in total. The summed E-state index contributed by atoms with van der Waals surface area (Å²) in [6.07, 6.45) is 2.44. The van der Waals surface area contributed by atoms with E-state index in [1.54, 1.807) is 7.11 Å². The standard InChI is InChI=1S/C9H18O/c1-7(2)6-9(10-5)8(3)4/h6,8-9H,1-5H3. The molecule has 0 bridgehead atoms. The van der Waals surface area contributed by atoms with Crippen LogP contribution in [0.1, 0.15) is 27.7 Å². The summed E-state index contributed by atoms with van der Waals surface area (Å²) in [6, 6.07) is 0. The van der Waals surface area contributed by atoms with Gasteiger partial charge in [0, 0.05) is 7.11 Å². The Labute approximate surface area is 64.1 Å². The Hall–Kier alpha value is -0.300. The Balaban J connectivity index is 3.96. The van der Waals surface area contributed by atoms with Crippen LogP contribution in [-0.2, 0) is 4.74 Å². The molecule has 0 saturated heterocycles. The zero-order valence-electron chi connectivity index (χ0n) is 7.64. The van der Waals surface area contributed by atoms with Crippen molar-refractivity contribution >= 4 is 0 Å². The molecule has 0 aliphatic rings. The van der Waals surface area contributed by atoms with Gasteiger partial charge in [-0.2, -0.15) is 0 Å². The minimum atomic E-state index is 0.282. The second-order valence-electron chi connectivity index (χ2n) is 3.19. The lowest BCUT2D eigenvalue weighted by atomic mass is 10.1. The monoisotopic (exact) mass is 142 g/mol. The maximum Gasteiger partial charge on any atom is 0.0777 e. The number of allylic oxidation sites excluding steroid dienone is 1. The van der Waals surface area contributed by atoms with Crippen molar-refractivity contribution in [1.29, 1.82) is 0 Å². The van der Waals surface area contributed by atoms with Gasteiger partial charge in [-0.1, -0.05) is 25.5 Å². The van der Waals surface area contributed by atoms with Gasteiger partial charge in [-0.15, -0.1) is 0 Å². The first kappa shape index (κ1) is 9.70. The van der Waals surface area contributed by atoms with Gasteiger partial charge in [-0.25, -0.2) is 0 Å². The van der Waals surface area contributed by atoms with E-state index in [0.717, 1.165) is 0 Å². The fourth-order valence-corrected chi connectivity index (χ4v) is 0.861. The molecule has 0 amide bonds. The smallest absolute Gasteiger partial charge is 0.0777 e. The van der Waals surface area contributed by atoms with Gasteiger partial charge in [0.1, 0.15) is 0 Å². The molecule has 1 heteroatoms. The molecule has 0 aromatic carbocycles. The number of rotatable bonds is 3. The molecule has 1 atom stereocenters. The fourth-order valence-electron chi connectivity index (χ4n) is 0.861. The summed E-state index contributed by atoms with van der Waals surface area (Å²) >= 11 is 0. The van der Waals surface area contributed by atoms with Crippen molar-refractivity contribution in [2.45, 2.75) is 33.8 Å². The maximum atomic E-state index is 5.25. The van der Waals surface area contributed by atoms with Crippen molar-refractivity contribution < 1.29 is 4.74 Å². The van der Waals surface area contributed by atoms with E-state index in [0.29, 0.717) is 5.92 Å². The van der Waals surface area contributed by atoms with Crippen LogP contribution in [0.5, 0.6) is 0 Å². The fraction of sp³-hybridized carbons (Fsp3) is 0.778. The quantitative estimate of drug-likeness (QED) is 0.550. The van der Waals surface area contributed by atoms with Crippen LogP contribution in [0.2, 0.25) is 0 Å². The Morgan fingerprint density at radius 1 is 1.30 bits per heavy atom. The summed E-state index contributed by atoms with van der Waals surface area (Å²) in [7, 11) is 1.75. The highest BCUT2D eigenvalue weighted by atomic mass is 16.5. The highest BCUT2D eigenvalue weighted by Crippen LogP contribution is 2.08. The van der Waals surface area contributed by atoms with E-state index < -0.39 is 0 Å². The Morgan fingerprint density at radius 3 is 1.90 bits per heavy atom. The van der Waals surface area contributed by atoms with Gasteiger partial charge in [0.05, 0.1) is 6.10 Å². The zero-order valence-corrected chi connectivity index (χ0v) is 7.64. The molecule has 0 heterocycles. The summed E-state index contributed by atoms with van der Waals surface area (Å²) in [5, 5.41) is 0. The molecule has 0 radical (unpaired) electrons. The number of hydrogen-bond donors (Lipinski definition) is 0. The molecule has 60 valence electrons. The van der Waals surface area contributed by atoms with E-state index in [4.69, 9.17) is 4.74 Å². The van der Waals surface area contributed by atoms with Crippen LogP contribution >= 0.6 is 0 Å². The van der Waals surface area contributed by atoms with Crippen molar-refractivity contribution in [2.75, 3.05) is 7.11 Å². The van der Waals surface area contributed by atoms with Gasteiger partial charge in [-0.3, -0.25) is 0 Å². The van der Waals surface area contributed by atoms with Crippen molar-refractivity contribution in [3.63, 3.8) is 0 Å². The second kappa shape index (κ2) is 4.51. The molecule has 10 heavy (non-hydrogen) atoms. The van der Waals surface area contributed by atoms with Crippen LogP contribution in [0.25, 0.3) is 0 Å². The van der Waals surface area contributed by atoms with Crippen LogP contribution < -0.4 is 0 Å². The topological polar surface area (TPSA) is 9.23 Å². The van der Waals surface area contributed by atoms with Gasteiger partial charge in [-0.05, 0) is 19.8 Å². The molecule has 0 aromatic heterocycles. The molecular formula is C9H18O. The van der Waals surface area contributed by atoms with Crippen LogP contribution in [0.15, 0.2) is 11.6 Å². The molecule has 0 saturated carbocycles. The average Bonchev–Trinajstić information content (AvgIpc) is 1.81. The molecule has 1 nitrogen and oxygen atoms in total. The van der Waals surface area contributed by atoms with Gasteiger partial charge in [0.25, 0.3) is 0 Å². The van der Waals surface area contributed by atoms with E-state index in [1.807, 2.05) is 0 Å². The molecule has 0 spiro atoms. The summed E-state index contributed by atoms with van der Waals surface area (Å²) < 4.78 is 5.25. The first-order valence-electron chi connectivity index (χ1n) is 3.75. The summed E-state index contributed by atoms with van der Waals surface area (Å²) in [5.74, 6) is 0.569. The molecule has 1 unspecified atom stereocenters. The first-order chi connectivity index (χ1) is 4.57. The van der Waals surface area contributed by atoms with Crippen LogP contribution in [-0.4, -0.2) is 13.2 Å². The normalized spacial score (nSPS) is 13.4. The van der Waals surface area contributed by atoms with Crippen molar-refractivity contribution in [3.8, 4) is 0 Å². The lowest BCUT2D eigenvalue weighted by Crippen LogP contribution is -2.14. The lowest BCUT2D eigenvalue weighted by Gasteiger charge is -2.15. The minimum absolute atomic E-state index is 0.282. The van der Waals surface area contributed by atoms with Crippen molar-refractivity contribution in [3.05, 3.63) is 11.6 Å². The molecule has 0 aliphatic carbocycles. The van der Waals surface area contributed by atoms with Crippen LogP contribution in [0.3, 0.4) is 0 Å². The van der Waals surface area contributed by atoms with Crippen LogP contribution in [0, 0.1) is 5.92 Å². The van der Waals surface area contributed by atoms with E-state index in [9.17, 15) is 0 Å². The third-order valence-corrected chi connectivity index (χ3v) is 1.43. The van der Waals surface area contributed by atoms with E-state index in [-0.39, 0.29) is 6.10 Å². The average molecular weight is 142 g/mol. The lowest BCUT2D eigenvalue weighted by molar-refractivity contribution is 0.103. The Kier molecular flexibility index (Phi) is 4.37. The minimum Gasteiger partial charge on any atom is -0.377 e. The highest BCUT2D eigenvalue weighted by molar-refractivity contribution is 4.99. The second-order valence-corrected chi connectivity index (χ2v) is 3.19. The summed E-state index contributed by atoms with van der Waals surface area (Å²) in [6.45, 7) is 8.50. The molecule has 0 aliphatic heterocycles. The zero-order chi connectivity index (χ0) is 8.15. The predicted molar refractivity (Wildman–Crippen MR) is 45.1 cm³/mol. The van der Waals surface area contributed by atoms with Gasteiger partial charge < -0.3 is 4.74 Å². The number of methoxy groups -OCH3 is 1. The Bertz CT molecular complexity index is 110. The molecule has 0 rings (SSSR count). The third-order valence-electron chi connectivity index (χ3n) is 1.43. The summed E-state index contributed by atoms with van der Waals surface area (Å²) in [4.78, 5) is 0. The maximum absolute atomic E-state index is 5.25. The van der Waals surface area contributed by atoms with Gasteiger partial charge in [0.15, 0.2) is 0 Å². The van der Waals surface area contributed by atoms with Gasteiger partial charge in [0.2, 0.25) is 0 Å². The predicted octanol–water partition coefficient (Wildman–Crippen LogP) is 2.62. The van der Waals surface area contributed by atoms with Crippen molar-refractivity contribution in [2.24, 2.45) is 5.92 Å². The number of hydrogen-bond acceptors (Lipinski definition) is 1. The molecular weight excluding hydrogens is 124 g/mol. The van der Waals surface area contributed by atoms with Crippen molar-refractivity contribution in [1.82, 2.24) is 0 Å². The third kappa shape index (κ3) is 3.67. The molecule has 0 aromatic rings. The number of ether oxygens (including phenoxy) is 1. The molecule has 0 fully saturated rings. The van der Waals surface area contributed by atoms with Gasteiger partial charge >= 0.3 is 0 Å². The highest BCUT2D eigenvalue weighted by Gasteiger charge is 2.07. The Morgan fingerprint density at radius 2 is 1.80 bits per heavy atom. The SMILES string of the molecule is COC(C=C(C)C)C(C)C. The van der Waals surface area contributed by atoms with Crippen LogP contribution in [0.4, 0.5) is 0 Å². The first-order valence-corrected chi connectivity index (χ1v) is 3.75. The van der Waals surface area contributed by atoms with E-state index in [2.05, 4.69) is 33.8 Å². The summed E-state index contributed by atoms with van der Waals surface area (Å²) in [5.41, 5.74) is 1.32.